The minimum atomic E-state index is -3.72. The van der Waals surface area contributed by atoms with Gasteiger partial charge in [0.25, 0.3) is 5.91 Å². The Hall–Kier alpha value is -3.31. The standard InChI is InChI=1S/C22H24FN5O4S/c1-28-21-16-5-4-9-25-19(16)20(29)18(27-21)13-24-12-14-6-7-15(23)11-17(14)22(30)26-8-2-3-10-33(28,31)32/h4-7,9,11,24,29H,2-3,8,10,12-13H2,1H3,(H,26,30). The van der Waals surface area contributed by atoms with Crippen LogP contribution in [-0.4, -0.2) is 48.7 Å². The minimum Gasteiger partial charge on any atom is -0.504 e. The molecule has 1 aliphatic heterocycles. The van der Waals surface area contributed by atoms with Gasteiger partial charge in [0.2, 0.25) is 10.0 Å². The monoisotopic (exact) mass is 473 g/mol. The zero-order chi connectivity index (χ0) is 23.6. The molecule has 1 aromatic carbocycles. The molecule has 3 N–H and O–H groups in total. The third kappa shape index (κ3) is 4.74. The molecule has 0 aliphatic carbocycles. The van der Waals surface area contributed by atoms with E-state index in [-0.39, 0.29) is 53.7 Å². The van der Waals surface area contributed by atoms with Crippen molar-refractivity contribution in [3.05, 3.63) is 59.2 Å². The van der Waals surface area contributed by atoms with Crippen molar-refractivity contribution in [2.75, 3.05) is 23.7 Å². The number of halogens is 1. The van der Waals surface area contributed by atoms with E-state index in [1.165, 1.54) is 31.4 Å². The summed E-state index contributed by atoms with van der Waals surface area (Å²) in [5.74, 6) is -1.10. The second-order valence-corrected chi connectivity index (χ2v) is 9.90. The summed E-state index contributed by atoms with van der Waals surface area (Å²) in [7, 11) is -2.29. The van der Waals surface area contributed by atoms with Gasteiger partial charge in [-0.05, 0) is 42.7 Å². The van der Waals surface area contributed by atoms with Crippen molar-refractivity contribution < 1.29 is 22.7 Å². The van der Waals surface area contributed by atoms with E-state index in [4.69, 9.17) is 0 Å². The summed E-state index contributed by atoms with van der Waals surface area (Å²) >= 11 is 0. The largest absolute Gasteiger partial charge is 0.504 e. The number of fused-ring (bicyclic) bond motifs is 5. The number of aromatic hydroxyl groups is 1. The molecule has 0 spiro atoms. The fraction of sp³-hybridized carbons (Fsp3) is 0.318. The Labute approximate surface area is 190 Å². The van der Waals surface area contributed by atoms with E-state index < -0.39 is 21.7 Å². The van der Waals surface area contributed by atoms with E-state index in [9.17, 15) is 22.7 Å². The Kier molecular flexibility index (Phi) is 6.43. The average Bonchev–Trinajstić information content (AvgIpc) is 2.80. The van der Waals surface area contributed by atoms with Crippen LogP contribution in [0, 0.1) is 5.82 Å². The molecule has 33 heavy (non-hydrogen) atoms. The third-order valence-electron chi connectivity index (χ3n) is 5.54. The lowest BCUT2D eigenvalue weighted by molar-refractivity contribution is 0.0951. The molecule has 0 fully saturated rings. The van der Waals surface area contributed by atoms with Gasteiger partial charge in [-0.1, -0.05) is 6.07 Å². The minimum absolute atomic E-state index is 0.0671. The molecule has 0 saturated heterocycles. The summed E-state index contributed by atoms with van der Waals surface area (Å²) in [4.78, 5) is 21.2. The maximum atomic E-state index is 13.8. The molecule has 2 aromatic heterocycles. The number of aromatic nitrogens is 2. The number of hydrogen-bond donors (Lipinski definition) is 3. The van der Waals surface area contributed by atoms with Gasteiger partial charge in [0.05, 0.1) is 5.75 Å². The first kappa shape index (κ1) is 22.9. The summed E-state index contributed by atoms with van der Waals surface area (Å²) < 4.78 is 40.8. The lowest BCUT2D eigenvalue weighted by Crippen LogP contribution is -2.31. The zero-order valence-electron chi connectivity index (χ0n) is 18.0. The van der Waals surface area contributed by atoms with Crippen LogP contribution in [0.15, 0.2) is 36.5 Å². The van der Waals surface area contributed by atoms with Crippen LogP contribution in [0.1, 0.15) is 34.5 Å². The van der Waals surface area contributed by atoms with Crippen LogP contribution in [0.5, 0.6) is 5.75 Å². The van der Waals surface area contributed by atoms with Crippen LogP contribution in [-0.2, 0) is 23.1 Å². The maximum absolute atomic E-state index is 13.8. The van der Waals surface area contributed by atoms with E-state index >= 15 is 0 Å². The molecule has 3 aromatic rings. The third-order valence-corrected chi connectivity index (χ3v) is 7.35. The lowest BCUT2D eigenvalue weighted by atomic mass is 10.1. The molecule has 11 heteroatoms. The van der Waals surface area contributed by atoms with Crippen molar-refractivity contribution in [2.24, 2.45) is 0 Å². The van der Waals surface area contributed by atoms with Gasteiger partial charge in [-0.25, -0.2) is 17.8 Å². The van der Waals surface area contributed by atoms with Crippen LogP contribution < -0.4 is 14.9 Å². The number of carbonyl (C=O) groups excluding carboxylic acids is 1. The highest BCUT2D eigenvalue weighted by Gasteiger charge is 2.24. The summed E-state index contributed by atoms with van der Waals surface area (Å²) in [6.07, 6.45) is 2.25. The molecule has 1 amide bonds. The molecule has 2 bridgehead atoms. The van der Waals surface area contributed by atoms with Crippen molar-refractivity contribution in [3.8, 4) is 5.75 Å². The first-order valence-electron chi connectivity index (χ1n) is 10.5. The van der Waals surface area contributed by atoms with Crippen LogP contribution >= 0.6 is 0 Å². The Balaban J connectivity index is 1.77. The van der Waals surface area contributed by atoms with Gasteiger partial charge in [0.15, 0.2) is 11.6 Å². The number of sulfonamides is 1. The van der Waals surface area contributed by atoms with Gasteiger partial charge in [-0.2, -0.15) is 0 Å². The molecule has 0 radical (unpaired) electrons. The van der Waals surface area contributed by atoms with E-state index in [1.54, 1.807) is 12.1 Å². The molecule has 1 aliphatic rings. The van der Waals surface area contributed by atoms with Gasteiger partial charge < -0.3 is 15.7 Å². The topological polar surface area (TPSA) is 125 Å². The number of anilines is 1. The quantitative estimate of drug-likeness (QED) is 0.456. The summed E-state index contributed by atoms with van der Waals surface area (Å²) in [6, 6.07) is 7.28. The Morgan fingerprint density at radius 2 is 2.00 bits per heavy atom. The molecule has 0 saturated carbocycles. The second-order valence-electron chi connectivity index (χ2n) is 7.78. The van der Waals surface area contributed by atoms with Crippen molar-refractivity contribution >= 4 is 32.7 Å². The molecule has 0 atom stereocenters. The van der Waals surface area contributed by atoms with Crippen LogP contribution in [0.4, 0.5) is 10.2 Å². The molecule has 0 unspecified atom stereocenters. The molecular weight excluding hydrogens is 449 g/mol. The highest BCUT2D eigenvalue weighted by Crippen LogP contribution is 2.33. The number of nitrogens with one attached hydrogen (secondary N) is 2. The predicted molar refractivity (Wildman–Crippen MR) is 122 cm³/mol. The van der Waals surface area contributed by atoms with Crippen LogP contribution in [0.2, 0.25) is 0 Å². The zero-order valence-corrected chi connectivity index (χ0v) is 18.8. The van der Waals surface area contributed by atoms with Crippen LogP contribution in [0.25, 0.3) is 10.9 Å². The maximum Gasteiger partial charge on any atom is 0.251 e. The fourth-order valence-corrected chi connectivity index (χ4v) is 4.97. The normalized spacial score (nSPS) is 17.4. The highest BCUT2D eigenvalue weighted by molar-refractivity contribution is 7.92. The van der Waals surface area contributed by atoms with E-state index in [1.807, 2.05) is 0 Å². The number of benzene rings is 1. The van der Waals surface area contributed by atoms with Gasteiger partial charge in [0.1, 0.15) is 17.0 Å². The Bertz CT molecular complexity index is 1320. The Morgan fingerprint density at radius 1 is 1.18 bits per heavy atom. The smallest absolute Gasteiger partial charge is 0.251 e. The number of hydrogen-bond acceptors (Lipinski definition) is 7. The number of rotatable bonds is 0. The number of nitrogens with zero attached hydrogens (tertiary/aromatic N) is 3. The molecule has 9 nitrogen and oxygen atoms in total. The summed E-state index contributed by atoms with van der Waals surface area (Å²) in [5.41, 5.74) is 1.22. The second kappa shape index (κ2) is 9.28. The predicted octanol–water partition coefficient (Wildman–Crippen LogP) is 2.05. The van der Waals surface area contributed by atoms with Gasteiger partial charge in [0, 0.05) is 43.8 Å². The molecule has 174 valence electrons. The highest BCUT2D eigenvalue weighted by atomic mass is 32.2. The number of amides is 1. The Morgan fingerprint density at radius 3 is 2.82 bits per heavy atom. The SMILES string of the molecule is CN1c2nc(c(O)c3ncccc23)CNCc2ccc(F)cc2C(=O)NCCCCS1(=O)=O. The van der Waals surface area contributed by atoms with Gasteiger partial charge in [-0.3, -0.25) is 14.1 Å². The van der Waals surface area contributed by atoms with Crippen molar-refractivity contribution in [3.63, 3.8) is 0 Å². The number of pyridine rings is 2. The van der Waals surface area contributed by atoms with Gasteiger partial charge in [-0.15, -0.1) is 0 Å². The number of carbonyl (C=O) groups is 1. The van der Waals surface area contributed by atoms with Crippen molar-refractivity contribution in [2.45, 2.75) is 25.9 Å². The lowest BCUT2D eigenvalue weighted by Gasteiger charge is -2.22. The summed E-state index contributed by atoms with van der Waals surface area (Å²) in [5, 5.41) is 17.0. The first-order valence-corrected chi connectivity index (χ1v) is 12.1. The average molecular weight is 474 g/mol. The molecular formula is C22H24FN5O4S. The van der Waals surface area contributed by atoms with E-state index in [0.717, 1.165) is 4.31 Å². The van der Waals surface area contributed by atoms with Crippen molar-refractivity contribution in [1.29, 1.82) is 0 Å². The molecule has 3 heterocycles. The fourth-order valence-electron chi connectivity index (χ4n) is 3.72. The molecule has 4 rings (SSSR count). The van der Waals surface area contributed by atoms with Crippen molar-refractivity contribution in [1.82, 2.24) is 20.6 Å². The van der Waals surface area contributed by atoms with E-state index in [2.05, 4.69) is 20.6 Å². The first-order chi connectivity index (χ1) is 15.8. The summed E-state index contributed by atoms with van der Waals surface area (Å²) in [6.45, 7) is 0.529. The van der Waals surface area contributed by atoms with Crippen LogP contribution in [0.3, 0.4) is 0 Å². The van der Waals surface area contributed by atoms with E-state index in [0.29, 0.717) is 23.8 Å². The van der Waals surface area contributed by atoms with Gasteiger partial charge >= 0.3 is 0 Å².